The molecular weight excluding hydrogens is 218 g/mol. The van der Waals surface area contributed by atoms with Gasteiger partial charge in [-0.05, 0) is 12.1 Å². The van der Waals surface area contributed by atoms with Crippen LogP contribution in [0.3, 0.4) is 0 Å². The molecule has 0 atom stereocenters. The molecule has 0 saturated heterocycles. The van der Waals surface area contributed by atoms with Crippen molar-refractivity contribution in [2.45, 2.75) is 0 Å². The summed E-state index contributed by atoms with van der Waals surface area (Å²) in [7, 11) is 0. The maximum absolute atomic E-state index is 10.5. The first-order valence-electron chi connectivity index (χ1n) is 4.19. The molecule has 0 saturated carbocycles. The minimum absolute atomic E-state index is 0.00458. The van der Waals surface area contributed by atoms with Crippen LogP contribution in [0.1, 0.15) is 0 Å². The number of fused-ring (bicyclic) bond motifs is 1. The molecule has 2 aromatic heterocycles. The van der Waals surface area contributed by atoms with Crippen LogP contribution in [0.4, 0.5) is 5.95 Å². The number of aromatic nitrogens is 3. The first kappa shape index (κ1) is 9.72. The highest BCUT2D eigenvalue weighted by atomic mass is 35.5. The predicted molar refractivity (Wildman–Crippen MR) is 55.7 cm³/mol. The van der Waals surface area contributed by atoms with Crippen LogP contribution < -0.4 is 11.1 Å². The van der Waals surface area contributed by atoms with Crippen LogP contribution in [0.15, 0.2) is 18.3 Å². The number of carbonyl (C=O) groups is 1. The quantitative estimate of drug-likeness (QED) is 0.786. The lowest BCUT2D eigenvalue weighted by Crippen LogP contribution is -2.22. The summed E-state index contributed by atoms with van der Waals surface area (Å²) in [4.78, 5) is 14.6. The van der Waals surface area contributed by atoms with E-state index in [4.69, 9.17) is 17.3 Å². The van der Waals surface area contributed by atoms with Crippen LogP contribution in [0.25, 0.3) is 5.65 Å². The standard InChI is InChI=1S/C8H8ClN5O/c9-5-1-2-7-12-8(11-3-6(10)15)13-14(7)4-5/h1-2,4H,3H2,(H2,10,15)(H,11,13). The molecule has 2 rings (SSSR count). The fourth-order valence-electron chi connectivity index (χ4n) is 1.10. The van der Waals surface area contributed by atoms with Gasteiger partial charge in [-0.25, -0.2) is 4.52 Å². The van der Waals surface area contributed by atoms with Gasteiger partial charge in [0, 0.05) is 6.20 Å². The van der Waals surface area contributed by atoms with Gasteiger partial charge in [-0.2, -0.15) is 4.98 Å². The molecule has 0 spiro atoms. The van der Waals surface area contributed by atoms with Crippen LogP contribution in [-0.4, -0.2) is 27.0 Å². The topological polar surface area (TPSA) is 85.3 Å². The van der Waals surface area contributed by atoms with Crippen molar-refractivity contribution in [3.8, 4) is 0 Å². The fraction of sp³-hybridized carbons (Fsp3) is 0.125. The van der Waals surface area contributed by atoms with Crippen molar-refractivity contribution in [3.63, 3.8) is 0 Å². The first-order valence-corrected chi connectivity index (χ1v) is 4.57. The Labute approximate surface area is 90.0 Å². The fourth-order valence-corrected chi connectivity index (χ4v) is 1.25. The van der Waals surface area contributed by atoms with Gasteiger partial charge in [0.1, 0.15) is 0 Å². The SMILES string of the molecule is NC(=O)CNc1nc2ccc(Cl)cn2n1. The zero-order valence-corrected chi connectivity index (χ0v) is 8.40. The van der Waals surface area contributed by atoms with Gasteiger partial charge < -0.3 is 11.1 Å². The molecule has 0 aliphatic heterocycles. The van der Waals surface area contributed by atoms with Crippen molar-refractivity contribution in [2.75, 3.05) is 11.9 Å². The number of carbonyl (C=O) groups excluding carboxylic acids is 1. The first-order chi connectivity index (χ1) is 7.15. The molecule has 1 amide bonds. The molecule has 78 valence electrons. The van der Waals surface area contributed by atoms with Crippen LogP contribution >= 0.6 is 11.6 Å². The molecule has 0 aliphatic carbocycles. The molecule has 3 N–H and O–H groups in total. The minimum Gasteiger partial charge on any atom is -0.368 e. The van der Waals surface area contributed by atoms with Crippen LogP contribution in [0.2, 0.25) is 5.02 Å². The van der Waals surface area contributed by atoms with Crippen molar-refractivity contribution in [3.05, 3.63) is 23.4 Å². The molecule has 0 fully saturated rings. The average molecular weight is 226 g/mol. The van der Waals surface area contributed by atoms with Gasteiger partial charge in [0.2, 0.25) is 11.9 Å². The van der Waals surface area contributed by atoms with Crippen molar-refractivity contribution < 1.29 is 4.79 Å². The lowest BCUT2D eigenvalue weighted by Gasteiger charge is -1.94. The largest absolute Gasteiger partial charge is 0.368 e. The van der Waals surface area contributed by atoms with Crippen molar-refractivity contribution in [1.82, 2.24) is 14.6 Å². The number of pyridine rings is 1. The smallest absolute Gasteiger partial charge is 0.243 e. The third kappa shape index (κ3) is 2.16. The molecular formula is C8H8ClN5O. The third-order valence-corrected chi connectivity index (χ3v) is 1.94. The molecule has 0 bridgehead atoms. The van der Waals surface area contributed by atoms with E-state index in [1.165, 1.54) is 4.52 Å². The zero-order chi connectivity index (χ0) is 10.8. The van der Waals surface area contributed by atoms with Crippen LogP contribution in [0.5, 0.6) is 0 Å². The minimum atomic E-state index is -0.466. The highest BCUT2D eigenvalue weighted by Crippen LogP contribution is 2.10. The van der Waals surface area contributed by atoms with Gasteiger partial charge in [0.25, 0.3) is 0 Å². The molecule has 6 nitrogen and oxygen atoms in total. The highest BCUT2D eigenvalue weighted by Gasteiger charge is 2.03. The number of halogens is 1. The molecule has 7 heteroatoms. The number of hydrogen-bond donors (Lipinski definition) is 2. The van der Waals surface area contributed by atoms with E-state index in [1.54, 1.807) is 18.3 Å². The van der Waals surface area contributed by atoms with Crippen LogP contribution in [0, 0.1) is 0 Å². The van der Waals surface area contributed by atoms with Gasteiger partial charge in [-0.3, -0.25) is 4.79 Å². The Bertz CT molecular complexity index is 509. The molecule has 2 aromatic rings. The van der Waals surface area contributed by atoms with Crippen molar-refractivity contribution >= 4 is 29.1 Å². The summed E-state index contributed by atoms with van der Waals surface area (Å²) in [6.45, 7) is 0.00458. The summed E-state index contributed by atoms with van der Waals surface area (Å²) in [6.07, 6.45) is 1.62. The number of rotatable bonds is 3. The summed E-state index contributed by atoms with van der Waals surface area (Å²) >= 11 is 5.77. The number of nitrogens with two attached hydrogens (primary N) is 1. The average Bonchev–Trinajstić information content (AvgIpc) is 2.56. The van der Waals surface area contributed by atoms with E-state index in [2.05, 4.69) is 15.4 Å². The predicted octanol–water partition coefficient (Wildman–Crippen LogP) is 0.280. The van der Waals surface area contributed by atoms with Gasteiger partial charge >= 0.3 is 0 Å². The Morgan fingerprint density at radius 3 is 3.13 bits per heavy atom. The van der Waals surface area contributed by atoms with E-state index < -0.39 is 5.91 Å². The monoisotopic (exact) mass is 225 g/mol. The lowest BCUT2D eigenvalue weighted by atomic mass is 10.5. The number of nitrogens with one attached hydrogen (secondary N) is 1. The molecule has 0 aromatic carbocycles. The second-order valence-corrected chi connectivity index (χ2v) is 3.34. The third-order valence-electron chi connectivity index (χ3n) is 1.72. The Kier molecular flexibility index (Phi) is 2.42. The van der Waals surface area contributed by atoms with Gasteiger partial charge in [0.05, 0.1) is 11.6 Å². The summed E-state index contributed by atoms with van der Waals surface area (Å²) in [5.41, 5.74) is 5.62. The van der Waals surface area contributed by atoms with Gasteiger partial charge in [-0.15, -0.1) is 5.10 Å². The number of nitrogens with zero attached hydrogens (tertiary/aromatic N) is 3. The number of amides is 1. The second-order valence-electron chi connectivity index (χ2n) is 2.91. The zero-order valence-electron chi connectivity index (χ0n) is 7.64. The van der Waals surface area contributed by atoms with Crippen molar-refractivity contribution in [2.24, 2.45) is 5.73 Å². The van der Waals surface area contributed by atoms with E-state index in [9.17, 15) is 4.79 Å². The second kappa shape index (κ2) is 3.74. The number of anilines is 1. The maximum atomic E-state index is 10.5. The van der Waals surface area contributed by atoms with E-state index in [1.807, 2.05) is 0 Å². The van der Waals surface area contributed by atoms with Crippen molar-refractivity contribution in [1.29, 1.82) is 0 Å². The normalized spacial score (nSPS) is 10.5. The van der Waals surface area contributed by atoms with E-state index >= 15 is 0 Å². The highest BCUT2D eigenvalue weighted by molar-refractivity contribution is 6.30. The molecule has 2 heterocycles. The van der Waals surface area contributed by atoms with E-state index in [-0.39, 0.29) is 6.54 Å². The van der Waals surface area contributed by atoms with E-state index in [0.29, 0.717) is 16.6 Å². The Morgan fingerprint density at radius 2 is 2.40 bits per heavy atom. The summed E-state index contributed by atoms with van der Waals surface area (Å²) in [5, 5.41) is 7.30. The maximum Gasteiger partial charge on any atom is 0.243 e. The summed E-state index contributed by atoms with van der Waals surface area (Å²) in [5.74, 6) is -0.122. The van der Waals surface area contributed by atoms with E-state index in [0.717, 1.165) is 0 Å². The van der Waals surface area contributed by atoms with Crippen LogP contribution in [-0.2, 0) is 4.79 Å². The van der Waals surface area contributed by atoms with Gasteiger partial charge in [-0.1, -0.05) is 11.6 Å². The molecule has 0 radical (unpaired) electrons. The molecule has 0 aliphatic rings. The Morgan fingerprint density at radius 1 is 1.60 bits per heavy atom. The molecule has 15 heavy (non-hydrogen) atoms. The Hall–Kier alpha value is -1.82. The summed E-state index contributed by atoms with van der Waals surface area (Å²) in [6, 6.07) is 3.44. The summed E-state index contributed by atoms with van der Waals surface area (Å²) < 4.78 is 1.52. The Balaban J connectivity index is 2.27. The lowest BCUT2D eigenvalue weighted by molar-refractivity contribution is -0.116. The molecule has 0 unspecified atom stereocenters. The van der Waals surface area contributed by atoms with Gasteiger partial charge in [0.15, 0.2) is 5.65 Å². The number of primary amides is 1. The number of hydrogen-bond acceptors (Lipinski definition) is 4.